The number of aryl methyl sites for hydroxylation is 1. The lowest BCUT2D eigenvalue weighted by Gasteiger charge is -2.45. The van der Waals surface area contributed by atoms with Gasteiger partial charge in [-0.3, -0.25) is 14.4 Å². The summed E-state index contributed by atoms with van der Waals surface area (Å²) < 4.78 is 23.7. The highest BCUT2D eigenvalue weighted by Gasteiger charge is 2.51. The van der Waals surface area contributed by atoms with E-state index in [1.165, 1.54) is 32.1 Å². The number of rotatable bonds is 7. The van der Waals surface area contributed by atoms with E-state index >= 15 is 0 Å². The molecule has 0 amide bonds. The van der Waals surface area contributed by atoms with Crippen molar-refractivity contribution in [2.75, 3.05) is 0 Å². The molecule has 3 rings (SSSR count). The Morgan fingerprint density at radius 2 is 1.56 bits per heavy atom. The molecule has 1 aromatic carbocycles. The van der Waals surface area contributed by atoms with Gasteiger partial charge in [0, 0.05) is 32.1 Å². The van der Waals surface area contributed by atoms with Gasteiger partial charge in [-0.1, -0.05) is 36.7 Å². The van der Waals surface area contributed by atoms with Crippen molar-refractivity contribution in [2.24, 2.45) is 0 Å². The first-order chi connectivity index (χ1) is 16.1. The first-order valence-corrected chi connectivity index (χ1v) is 12.3. The lowest BCUT2D eigenvalue weighted by molar-refractivity contribution is -0.249. The second-order valence-electron chi connectivity index (χ2n) is 8.29. The molecule has 0 radical (unpaired) electrons. The second kappa shape index (κ2) is 11.3. The van der Waals surface area contributed by atoms with Crippen LogP contribution in [0.25, 0.3) is 0 Å². The van der Waals surface area contributed by atoms with Crippen LogP contribution in [0.4, 0.5) is 0 Å². The SMILES string of the molecule is CC[C@H]1O[C@@H](c2ccc(C)c(Cc3ccc(Cl)s3)c2)[C@H](OC(C)=O)[C@@H](OC(C)=O)[C@@H]1OC(C)=O. The van der Waals surface area contributed by atoms with Gasteiger partial charge in [0.15, 0.2) is 18.3 Å². The predicted molar refractivity (Wildman–Crippen MR) is 128 cm³/mol. The summed E-state index contributed by atoms with van der Waals surface area (Å²) in [6.07, 6.45) is -3.05. The molecule has 0 spiro atoms. The van der Waals surface area contributed by atoms with Crippen LogP contribution in [0.1, 0.15) is 61.8 Å². The van der Waals surface area contributed by atoms with Gasteiger partial charge in [0.25, 0.3) is 0 Å². The Hall–Kier alpha value is -2.42. The third kappa shape index (κ3) is 6.37. The molecule has 0 aliphatic carbocycles. The van der Waals surface area contributed by atoms with Crippen LogP contribution in [0.3, 0.4) is 0 Å². The summed E-state index contributed by atoms with van der Waals surface area (Å²) in [6.45, 7) is 7.71. The van der Waals surface area contributed by atoms with E-state index in [0.29, 0.717) is 12.8 Å². The van der Waals surface area contributed by atoms with Crippen molar-refractivity contribution in [3.05, 3.63) is 56.2 Å². The molecule has 2 heterocycles. The molecule has 0 N–H and O–H groups in total. The van der Waals surface area contributed by atoms with Crippen molar-refractivity contribution < 1.29 is 33.3 Å². The van der Waals surface area contributed by atoms with Gasteiger partial charge in [-0.25, -0.2) is 0 Å². The maximum absolute atomic E-state index is 12.0. The number of hydrogen-bond donors (Lipinski definition) is 0. The summed E-state index contributed by atoms with van der Waals surface area (Å²) in [5.41, 5.74) is 2.93. The number of benzene rings is 1. The Labute approximate surface area is 208 Å². The molecule has 0 bridgehead atoms. The normalized spacial score (nSPS) is 24.4. The van der Waals surface area contributed by atoms with Gasteiger partial charge in [-0.2, -0.15) is 0 Å². The number of halogens is 1. The van der Waals surface area contributed by atoms with Crippen molar-refractivity contribution >= 4 is 40.8 Å². The molecule has 7 nitrogen and oxygen atoms in total. The van der Waals surface area contributed by atoms with E-state index in [2.05, 4.69) is 0 Å². The number of thiophene rings is 1. The summed E-state index contributed by atoms with van der Waals surface area (Å²) in [6, 6.07) is 9.75. The van der Waals surface area contributed by atoms with Crippen molar-refractivity contribution in [3.8, 4) is 0 Å². The highest BCUT2D eigenvalue weighted by atomic mass is 35.5. The lowest BCUT2D eigenvalue weighted by Crippen LogP contribution is -2.58. The molecule has 1 aromatic heterocycles. The number of ether oxygens (including phenoxy) is 4. The second-order valence-corrected chi connectivity index (χ2v) is 10.1. The van der Waals surface area contributed by atoms with Crippen LogP contribution in [-0.2, 0) is 39.8 Å². The van der Waals surface area contributed by atoms with Gasteiger partial charge in [0.05, 0.1) is 10.4 Å². The van der Waals surface area contributed by atoms with E-state index in [-0.39, 0.29) is 0 Å². The minimum atomic E-state index is -1.02. The Bertz CT molecular complexity index is 1050. The number of hydrogen-bond acceptors (Lipinski definition) is 8. The zero-order chi connectivity index (χ0) is 25.0. The number of carbonyl (C=O) groups excluding carboxylic acids is 3. The van der Waals surface area contributed by atoms with E-state index < -0.39 is 48.4 Å². The van der Waals surface area contributed by atoms with Crippen LogP contribution in [-0.4, -0.2) is 42.3 Å². The standard InChI is InChI=1S/C25H29ClO7S/c1-6-20-23(30-14(3)27)25(32-16(5)29)24(31-15(4)28)22(33-20)17-8-7-13(2)18(11-17)12-19-9-10-21(26)34-19/h7-11,20,22-25H,6,12H2,1-5H3/t20-,22+,23-,24+,25+/m1/s1. The van der Waals surface area contributed by atoms with Crippen molar-refractivity contribution in [2.45, 2.75) is 78.0 Å². The minimum Gasteiger partial charge on any atom is -0.456 e. The van der Waals surface area contributed by atoms with E-state index in [9.17, 15) is 14.4 Å². The Morgan fingerprint density at radius 1 is 0.941 bits per heavy atom. The molecule has 1 aliphatic heterocycles. The largest absolute Gasteiger partial charge is 0.456 e. The summed E-state index contributed by atoms with van der Waals surface area (Å²) in [5.74, 6) is -1.68. The summed E-state index contributed by atoms with van der Waals surface area (Å²) in [4.78, 5) is 36.9. The molecule has 0 unspecified atom stereocenters. The van der Waals surface area contributed by atoms with E-state index in [4.69, 9.17) is 30.5 Å². The molecular weight excluding hydrogens is 480 g/mol. The van der Waals surface area contributed by atoms with Gasteiger partial charge in [-0.05, 0) is 42.2 Å². The topological polar surface area (TPSA) is 88.1 Å². The van der Waals surface area contributed by atoms with Crippen LogP contribution in [0, 0.1) is 6.92 Å². The molecule has 1 fully saturated rings. The molecule has 184 valence electrons. The first kappa shape index (κ1) is 26.2. The first-order valence-electron chi connectivity index (χ1n) is 11.1. The Morgan fingerprint density at radius 3 is 2.12 bits per heavy atom. The van der Waals surface area contributed by atoms with E-state index in [1.807, 2.05) is 44.2 Å². The van der Waals surface area contributed by atoms with Crippen LogP contribution < -0.4 is 0 Å². The van der Waals surface area contributed by atoms with Crippen molar-refractivity contribution in [1.82, 2.24) is 0 Å². The van der Waals surface area contributed by atoms with Crippen LogP contribution in [0.15, 0.2) is 30.3 Å². The molecule has 1 saturated heterocycles. The fourth-order valence-electron chi connectivity index (χ4n) is 4.18. The fourth-order valence-corrected chi connectivity index (χ4v) is 5.30. The van der Waals surface area contributed by atoms with Gasteiger partial charge >= 0.3 is 17.9 Å². The molecule has 34 heavy (non-hydrogen) atoms. The maximum Gasteiger partial charge on any atom is 0.303 e. The average molecular weight is 509 g/mol. The minimum absolute atomic E-state index is 0.491. The van der Waals surface area contributed by atoms with E-state index in [1.54, 1.807) is 0 Å². The number of esters is 3. The third-order valence-electron chi connectivity index (χ3n) is 5.64. The van der Waals surface area contributed by atoms with Crippen LogP contribution in [0.2, 0.25) is 4.34 Å². The summed E-state index contributed by atoms with van der Waals surface area (Å²) in [7, 11) is 0. The Balaban J connectivity index is 2.03. The third-order valence-corrected chi connectivity index (χ3v) is 6.87. The van der Waals surface area contributed by atoms with E-state index in [0.717, 1.165) is 25.9 Å². The zero-order valence-electron chi connectivity index (χ0n) is 19.8. The van der Waals surface area contributed by atoms with Gasteiger partial charge < -0.3 is 18.9 Å². The lowest BCUT2D eigenvalue weighted by atomic mass is 9.88. The quantitative estimate of drug-likeness (QED) is 0.386. The molecule has 1 aliphatic rings. The smallest absolute Gasteiger partial charge is 0.303 e. The van der Waals surface area contributed by atoms with Crippen molar-refractivity contribution in [3.63, 3.8) is 0 Å². The predicted octanol–water partition coefficient (Wildman–Crippen LogP) is 4.95. The molecular formula is C25H29ClO7S. The van der Waals surface area contributed by atoms with Gasteiger partial charge in [0.1, 0.15) is 6.10 Å². The highest BCUT2D eigenvalue weighted by Crippen LogP contribution is 2.39. The highest BCUT2D eigenvalue weighted by molar-refractivity contribution is 7.16. The zero-order valence-corrected chi connectivity index (χ0v) is 21.4. The average Bonchev–Trinajstić information content (AvgIpc) is 3.16. The molecule has 0 saturated carbocycles. The van der Waals surface area contributed by atoms with Gasteiger partial charge in [-0.15, -0.1) is 11.3 Å². The fraction of sp³-hybridized carbons (Fsp3) is 0.480. The van der Waals surface area contributed by atoms with Crippen LogP contribution in [0.5, 0.6) is 0 Å². The Kier molecular flexibility index (Phi) is 8.73. The summed E-state index contributed by atoms with van der Waals surface area (Å²) >= 11 is 7.62. The van der Waals surface area contributed by atoms with Crippen molar-refractivity contribution in [1.29, 1.82) is 0 Å². The molecule has 5 atom stereocenters. The summed E-state index contributed by atoms with van der Waals surface area (Å²) in [5, 5.41) is 0. The monoisotopic (exact) mass is 508 g/mol. The molecule has 2 aromatic rings. The maximum atomic E-state index is 12.0. The molecule has 9 heteroatoms. The number of carbonyl (C=O) groups is 3. The van der Waals surface area contributed by atoms with Gasteiger partial charge in [0.2, 0.25) is 0 Å². The van der Waals surface area contributed by atoms with Crippen LogP contribution >= 0.6 is 22.9 Å².